The lowest BCUT2D eigenvalue weighted by Gasteiger charge is -2.08. The molecular formula is C15H10BrNO. The molecule has 0 aromatic heterocycles. The minimum absolute atomic E-state index is 0.134. The number of halogens is 1. The van der Waals surface area contributed by atoms with Gasteiger partial charge in [0.2, 0.25) is 0 Å². The lowest BCUT2D eigenvalue weighted by Crippen LogP contribution is -1.84. The Kier molecular flexibility index (Phi) is 3.50. The Balaban J connectivity index is 2.66. The van der Waals surface area contributed by atoms with Crippen LogP contribution < -0.4 is 0 Å². The molecule has 2 rings (SSSR count). The summed E-state index contributed by atoms with van der Waals surface area (Å²) in [6.07, 6.45) is 1.74. The van der Waals surface area contributed by atoms with E-state index < -0.39 is 0 Å². The molecule has 0 aliphatic heterocycles. The Morgan fingerprint density at radius 2 is 2.06 bits per heavy atom. The molecule has 3 heteroatoms. The molecule has 0 atom stereocenters. The fourth-order valence-electron chi connectivity index (χ4n) is 1.72. The molecule has 0 heterocycles. The highest BCUT2D eigenvalue weighted by Crippen LogP contribution is 2.36. The summed E-state index contributed by atoms with van der Waals surface area (Å²) in [4.78, 5) is 0. The molecule has 0 bridgehead atoms. The number of hydrogen-bond acceptors (Lipinski definition) is 2. The average Bonchev–Trinajstić information content (AvgIpc) is 2.41. The number of nitrogens with zero attached hydrogens (tertiary/aromatic N) is 1. The first kappa shape index (κ1) is 12.4. The largest absolute Gasteiger partial charge is 0.506 e. The molecule has 88 valence electrons. The zero-order chi connectivity index (χ0) is 13.1. The molecule has 0 unspecified atom stereocenters. The van der Waals surface area contributed by atoms with E-state index in [9.17, 15) is 5.11 Å². The monoisotopic (exact) mass is 299 g/mol. The van der Waals surface area contributed by atoms with Crippen LogP contribution in [0.4, 0.5) is 0 Å². The molecule has 0 aliphatic carbocycles. The maximum absolute atomic E-state index is 10.1. The van der Waals surface area contributed by atoms with Crippen LogP contribution in [-0.2, 0) is 0 Å². The van der Waals surface area contributed by atoms with Crippen LogP contribution >= 0.6 is 15.9 Å². The predicted octanol–water partition coefficient (Wildman–Crippen LogP) is 4.34. The van der Waals surface area contributed by atoms with Crippen molar-refractivity contribution in [2.45, 2.75) is 0 Å². The summed E-state index contributed by atoms with van der Waals surface area (Å²) >= 11 is 3.25. The van der Waals surface area contributed by atoms with Crippen molar-refractivity contribution in [1.29, 1.82) is 5.26 Å². The summed E-state index contributed by atoms with van der Waals surface area (Å²) in [7, 11) is 0. The molecule has 0 amide bonds. The number of phenolic OH excluding ortho intramolecular Hbond substituents is 1. The third-order valence-electron chi connectivity index (χ3n) is 2.63. The van der Waals surface area contributed by atoms with Crippen LogP contribution in [0.15, 0.2) is 47.4 Å². The van der Waals surface area contributed by atoms with Gasteiger partial charge in [-0.1, -0.05) is 30.9 Å². The van der Waals surface area contributed by atoms with Crippen molar-refractivity contribution < 1.29 is 5.11 Å². The third kappa shape index (κ3) is 2.29. The smallest absolute Gasteiger partial charge is 0.137 e. The van der Waals surface area contributed by atoms with Crippen molar-refractivity contribution in [1.82, 2.24) is 0 Å². The topological polar surface area (TPSA) is 44.0 Å². The van der Waals surface area contributed by atoms with E-state index in [2.05, 4.69) is 28.6 Å². The maximum atomic E-state index is 10.1. The zero-order valence-corrected chi connectivity index (χ0v) is 11.1. The molecule has 0 fully saturated rings. The number of benzene rings is 2. The van der Waals surface area contributed by atoms with Crippen LogP contribution in [0.2, 0.25) is 0 Å². The molecule has 1 N–H and O–H groups in total. The minimum Gasteiger partial charge on any atom is -0.506 e. The van der Waals surface area contributed by atoms with Gasteiger partial charge in [-0.25, -0.2) is 0 Å². The average molecular weight is 300 g/mol. The Bertz CT molecular complexity index is 656. The summed E-state index contributed by atoms with van der Waals surface area (Å²) in [5.74, 6) is 0.134. The second-order valence-corrected chi connectivity index (χ2v) is 4.65. The van der Waals surface area contributed by atoms with Gasteiger partial charge in [0.25, 0.3) is 0 Å². The number of rotatable bonds is 2. The Labute approximate surface area is 114 Å². The highest BCUT2D eigenvalue weighted by Gasteiger charge is 2.10. The van der Waals surface area contributed by atoms with E-state index >= 15 is 0 Å². The zero-order valence-electron chi connectivity index (χ0n) is 9.52. The molecular weight excluding hydrogens is 290 g/mol. The molecule has 2 aromatic rings. The minimum atomic E-state index is 0.134. The summed E-state index contributed by atoms with van der Waals surface area (Å²) in [5.41, 5.74) is 2.94. The number of nitriles is 1. The summed E-state index contributed by atoms with van der Waals surface area (Å²) in [5, 5.41) is 19.0. The second kappa shape index (κ2) is 5.07. The molecule has 0 saturated carbocycles. The van der Waals surface area contributed by atoms with Gasteiger partial charge in [0.15, 0.2) is 0 Å². The van der Waals surface area contributed by atoms with E-state index in [4.69, 9.17) is 5.26 Å². The van der Waals surface area contributed by atoms with E-state index in [0.717, 1.165) is 11.1 Å². The lowest BCUT2D eigenvalue weighted by atomic mass is 10.0. The number of hydrogen-bond donors (Lipinski definition) is 1. The van der Waals surface area contributed by atoms with Gasteiger partial charge < -0.3 is 5.11 Å². The predicted molar refractivity (Wildman–Crippen MR) is 76.0 cm³/mol. The first-order valence-corrected chi connectivity index (χ1v) is 6.10. The van der Waals surface area contributed by atoms with Gasteiger partial charge in [0.05, 0.1) is 16.1 Å². The lowest BCUT2D eigenvalue weighted by molar-refractivity contribution is 0.474. The standard InChI is InChI=1S/C15H10BrNO/c1-2-10-4-3-5-12(6-10)13-7-11(9-17)8-14(16)15(13)18/h2-8,18H,1H2. The van der Waals surface area contributed by atoms with Gasteiger partial charge in [0, 0.05) is 5.56 Å². The van der Waals surface area contributed by atoms with Crippen molar-refractivity contribution in [2.24, 2.45) is 0 Å². The number of phenols is 1. The van der Waals surface area contributed by atoms with Gasteiger partial charge in [-0.15, -0.1) is 0 Å². The van der Waals surface area contributed by atoms with E-state index in [0.29, 0.717) is 15.6 Å². The highest BCUT2D eigenvalue weighted by atomic mass is 79.9. The second-order valence-electron chi connectivity index (χ2n) is 3.80. The van der Waals surface area contributed by atoms with Crippen LogP contribution in [0.3, 0.4) is 0 Å². The van der Waals surface area contributed by atoms with Crippen LogP contribution in [0.25, 0.3) is 17.2 Å². The molecule has 0 saturated heterocycles. The van der Waals surface area contributed by atoms with E-state index in [1.54, 1.807) is 18.2 Å². The van der Waals surface area contributed by atoms with Gasteiger partial charge in [-0.05, 0) is 45.3 Å². The molecule has 18 heavy (non-hydrogen) atoms. The fraction of sp³-hybridized carbons (Fsp3) is 0. The van der Waals surface area contributed by atoms with Gasteiger partial charge in [0.1, 0.15) is 5.75 Å². The molecule has 0 radical (unpaired) electrons. The molecule has 0 aliphatic rings. The normalized spacial score (nSPS) is 9.78. The van der Waals surface area contributed by atoms with Crippen LogP contribution in [0.5, 0.6) is 5.75 Å². The quantitative estimate of drug-likeness (QED) is 0.896. The van der Waals surface area contributed by atoms with Gasteiger partial charge in [-0.2, -0.15) is 5.26 Å². The fourth-order valence-corrected chi connectivity index (χ4v) is 2.18. The molecule has 2 aromatic carbocycles. The Hall–Kier alpha value is -2.05. The van der Waals surface area contributed by atoms with E-state index in [1.807, 2.05) is 24.3 Å². The Morgan fingerprint density at radius 3 is 2.72 bits per heavy atom. The van der Waals surface area contributed by atoms with Crippen LogP contribution in [0.1, 0.15) is 11.1 Å². The van der Waals surface area contributed by atoms with Gasteiger partial charge >= 0.3 is 0 Å². The first-order chi connectivity index (χ1) is 8.65. The maximum Gasteiger partial charge on any atom is 0.137 e. The van der Waals surface area contributed by atoms with Crippen molar-refractivity contribution in [2.75, 3.05) is 0 Å². The third-order valence-corrected chi connectivity index (χ3v) is 3.23. The van der Waals surface area contributed by atoms with Crippen LogP contribution in [0, 0.1) is 11.3 Å². The Morgan fingerprint density at radius 1 is 1.28 bits per heavy atom. The van der Waals surface area contributed by atoms with E-state index in [1.165, 1.54) is 0 Å². The summed E-state index contributed by atoms with van der Waals surface area (Å²) < 4.78 is 0.514. The molecule has 0 spiro atoms. The first-order valence-electron chi connectivity index (χ1n) is 5.31. The summed E-state index contributed by atoms with van der Waals surface area (Å²) in [6.45, 7) is 3.72. The van der Waals surface area contributed by atoms with Crippen molar-refractivity contribution in [3.05, 3.63) is 58.6 Å². The van der Waals surface area contributed by atoms with Crippen molar-refractivity contribution in [3.8, 4) is 22.9 Å². The van der Waals surface area contributed by atoms with Crippen LogP contribution in [-0.4, -0.2) is 5.11 Å². The van der Waals surface area contributed by atoms with Crippen molar-refractivity contribution >= 4 is 22.0 Å². The summed E-state index contributed by atoms with van der Waals surface area (Å²) in [6, 6.07) is 12.9. The SMILES string of the molecule is C=Cc1cccc(-c2cc(C#N)cc(Br)c2O)c1. The van der Waals surface area contributed by atoms with Crippen molar-refractivity contribution in [3.63, 3.8) is 0 Å². The highest BCUT2D eigenvalue weighted by molar-refractivity contribution is 9.10. The van der Waals surface area contributed by atoms with Gasteiger partial charge in [-0.3, -0.25) is 0 Å². The number of aromatic hydroxyl groups is 1. The van der Waals surface area contributed by atoms with E-state index in [-0.39, 0.29) is 5.75 Å². The molecule has 2 nitrogen and oxygen atoms in total.